The van der Waals surface area contributed by atoms with E-state index in [0.29, 0.717) is 23.2 Å². The molecule has 0 fully saturated rings. The Bertz CT molecular complexity index is 502. The fourth-order valence-corrected chi connectivity index (χ4v) is 1.88. The molecule has 2 atom stereocenters. The van der Waals surface area contributed by atoms with Crippen LogP contribution in [0.4, 0.5) is 4.39 Å². The van der Waals surface area contributed by atoms with Crippen LogP contribution in [0.1, 0.15) is 25.2 Å². The minimum Gasteiger partial charge on any atom is -0.458 e. The van der Waals surface area contributed by atoms with Crippen LogP contribution < -0.4 is 0 Å². The molecule has 2 rings (SSSR count). The second-order valence-corrected chi connectivity index (χ2v) is 3.96. The van der Waals surface area contributed by atoms with E-state index in [-0.39, 0.29) is 11.9 Å². The number of hydrogen-bond acceptors (Lipinski definition) is 3. The molecule has 0 aliphatic rings. The van der Waals surface area contributed by atoms with E-state index < -0.39 is 6.10 Å². The maximum Gasteiger partial charge on any atom is 0.138 e. The van der Waals surface area contributed by atoms with Gasteiger partial charge in [-0.25, -0.2) is 4.39 Å². The topological polar surface area (TPSA) is 42.6 Å². The minimum absolute atomic E-state index is 0.319. The van der Waals surface area contributed by atoms with Crippen molar-refractivity contribution in [3.05, 3.63) is 35.8 Å². The number of hydrogen-bond donors (Lipinski definition) is 1. The Morgan fingerprint density at radius 1 is 1.41 bits per heavy atom. The first kappa shape index (κ1) is 12.1. The summed E-state index contributed by atoms with van der Waals surface area (Å²) in [5, 5.41) is 10.7. The Kier molecular flexibility index (Phi) is 3.45. The highest BCUT2D eigenvalue weighted by atomic mass is 19.1. The van der Waals surface area contributed by atoms with Gasteiger partial charge in [0.15, 0.2) is 0 Å². The van der Waals surface area contributed by atoms with E-state index in [2.05, 4.69) is 0 Å². The lowest BCUT2D eigenvalue weighted by Crippen LogP contribution is -2.19. The standard InChI is InChI=1S/C13H15FO3/c1-3-10(16-2)13(15)12-7-8-6-9(14)4-5-11(8)17-12/h4-7,10,13,15H,3H2,1-2H3. The van der Waals surface area contributed by atoms with Crippen LogP contribution in [0.5, 0.6) is 0 Å². The molecule has 2 unspecified atom stereocenters. The van der Waals surface area contributed by atoms with Crippen molar-refractivity contribution < 1.29 is 18.7 Å². The molecule has 2 aromatic rings. The molecule has 1 heterocycles. The van der Waals surface area contributed by atoms with E-state index in [1.807, 2.05) is 6.92 Å². The van der Waals surface area contributed by atoms with Crippen LogP contribution in [0.25, 0.3) is 11.0 Å². The van der Waals surface area contributed by atoms with Crippen molar-refractivity contribution in [1.82, 2.24) is 0 Å². The molecule has 0 aliphatic heterocycles. The van der Waals surface area contributed by atoms with Gasteiger partial charge in [-0.05, 0) is 30.7 Å². The summed E-state index contributed by atoms with van der Waals surface area (Å²) in [5.74, 6) is 0.0809. The zero-order chi connectivity index (χ0) is 12.4. The van der Waals surface area contributed by atoms with E-state index in [9.17, 15) is 9.50 Å². The molecule has 0 spiro atoms. The Morgan fingerprint density at radius 3 is 2.82 bits per heavy atom. The molecule has 0 aliphatic carbocycles. The van der Waals surface area contributed by atoms with Crippen molar-refractivity contribution in [2.45, 2.75) is 25.6 Å². The summed E-state index contributed by atoms with van der Waals surface area (Å²) in [6, 6.07) is 5.90. The average Bonchev–Trinajstić information content (AvgIpc) is 2.73. The van der Waals surface area contributed by atoms with Crippen LogP contribution in [-0.2, 0) is 4.74 Å². The summed E-state index contributed by atoms with van der Waals surface area (Å²) in [7, 11) is 1.54. The van der Waals surface area contributed by atoms with Crippen LogP contribution in [0, 0.1) is 5.82 Å². The summed E-state index contributed by atoms with van der Waals surface area (Å²) >= 11 is 0. The lowest BCUT2D eigenvalue weighted by Gasteiger charge is -2.17. The molecular weight excluding hydrogens is 223 g/mol. The molecule has 1 aromatic heterocycles. The second-order valence-electron chi connectivity index (χ2n) is 3.96. The first-order valence-electron chi connectivity index (χ1n) is 5.55. The van der Waals surface area contributed by atoms with Gasteiger partial charge in [-0.15, -0.1) is 0 Å². The van der Waals surface area contributed by atoms with E-state index in [1.165, 1.54) is 12.1 Å². The fraction of sp³-hybridized carbons (Fsp3) is 0.385. The third-order valence-electron chi connectivity index (χ3n) is 2.85. The van der Waals surface area contributed by atoms with E-state index in [4.69, 9.17) is 9.15 Å². The van der Waals surface area contributed by atoms with Crippen LogP contribution in [0.2, 0.25) is 0 Å². The van der Waals surface area contributed by atoms with Crippen molar-refractivity contribution in [2.75, 3.05) is 7.11 Å². The molecule has 0 radical (unpaired) electrons. The highest BCUT2D eigenvalue weighted by Gasteiger charge is 2.22. The molecule has 0 saturated heterocycles. The number of rotatable bonds is 4. The summed E-state index contributed by atoms with van der Waals surface area (Å²) in [5.41, 5.74) is 0.561. The van der Waals surface area contributed by atoms with Gasteiger partial charge in [0.2, 0.25) is 0 Å². The first-order valence-corrected chi connectivity index (χ1v) is 5.55. The quantitative estimate of drug-likeness (QED) is 0.890. The molecule has 0 saturated carbocycles. The Hall–Kier alpha value is -1.39. The van der Waals surface area contributed by atoms with E-state index >= 15 is 0 Å². The maximum absolute atomic E-state index is 13.0. The zero-order valence-corrected chi connectivity index (χ0v) is 9.81. The molecule has 0 bridgehead atoms. The monoisotopic (exact) mass is 238 g/mol. The van der Waals surface area contributed by atoms with Gasteiger partial charge in [0.25, 0.3) is 0 Å². The molecule has 1 N–H and O–H groups in total. The number of ether oxygens (including phenoxy) is 1. The number of aliphatic hydroxyl groups is 1. The van der Waals surface area contributed by atoms with E-state index in [1.54, 1.807) is 19.2 Å². The molecule has 4 heteroatoms. The second kappa shape index (κ2) is 4.85. The van der Waals surface area contributed by atoms with Crippen molar-refractivity contribution in [3.63, 3.8) is 0 Å². The van der Waals surface area contributed by atoms with Crippen molar-refractivity contribution in [3.8, 4) is 0 Å². The molecule has 0 amide bonds. The number of aliphatic hydroxyl groups excluding tert-OH is 1. The van der Waals surface area contributed by atoms with Crippen LogP contribution in [0.3, 0.4) is 0 Å². The zero-order valence-electron chi connectivity index (χ0n) is 9.81. The highest BCUT2D eigenvalue weighted by molar-refractivity contribution is 5.77. The van der Waals surface area contributed by atoms with Crippen molar-refractivity contribution >= 4 is 11.0 Å². The van der Waals surface area contributed by atoms with E-state index in [0.717, 1.165) is 0 Å². The summed E-state index contributed by atoms with van der Waals surface area (Å²) < 4.78 is 23.6. The third kappa shape index (κ3) is 2.33. The van der Waals surface area contributed by atoms with Gasteiger partial charge in [-0.2, -0.15) is 0 Å². The molecule has 3 nitrogen and oxygen atoms in total. The first-order chi connectivity index (χ1) is 8.15. The lowest BCUT2D eigenvalue weighted by molar-refractivity contribution is -0.0242. The molecule has 1 aromatic carbocycles. The van der Waals surface area contributed by atoms with Crippen LogP contribution in [0.15, 0.2) is 28.7 Å². The van der Waals surface area contributed by atoms with Gasteiger partial charge in [0, 0.05) is 12.5 Å². The Balaban J connectivity index is 2.35. The van der Waals surface area contributed by atoms with Crippen LogP contribution in [-0.4, -0.2) is 18.3 Å². The lowest BCUT2D eigenvalue weighted by atomic mass is 10.1. The van der Waals surface area contributed by atoms with Gasteiger partial charge in [0.1, 0.15) is 23.3 Å². The van der Waals surface area contributed by atoms with Gasteiger partial charge >= 0.3 is 0 Å². The largest absolute Gasteiger partial charge is 0.458 e. The van der Waals surface area contributed by atoms with Gasteiger partial charge in [0.05, 0.1) is 6.10 Å². The van der Waals surface area contributed by atoms with Gasteiger partial charge in [-0.1, -0.05) is 6.92 Å². The predicted molar refractivity (Wildman–Crippen MR) is 62.2 cm³/mol. The molecule has 92 valence electrons. The number of furan rings is 1. The average molecular weight is 238 g/mol. The minimum atomic E-state index is -0.833. The number of benzene rings is 1. The normalized spacial score (nSPS) is 15.1. The summed E-state index contributed by atoms with van der Waals surface area (Å²) in [4.78, 5) is 0. The number of halogens is 1. The fourth-order valence-electron chi connectivity index (χ4n) is 1.88. The van der Waals surface area contributed by atoms with Gasteiger partial charge < -0.3 is 14.3 Å². The Morgan fingerprint density at radius 2 is 2.18 bits per heavy atom. The SMILES string of the molecule is CCC(OC)C(O)c1cc2cc(F)ccc2o1. The summed E-state index contributed by atoms with van der Waals surface area (Å²) in [6.45, 7) is 1.92. The van der Waals surface area contributed by atoms with Crippen LogP contribution >= 0.6 is 0 Å². The Labute approximate surface area is 98.8 Å². The molecular formula is C13H15FO3. The number of methoxy groups -OCH3 is 1. The number of fused-ring (bicyclic) bond motifs is 1. The maximum atomic E-state index is 13.0. The van der Waals surface area contributed by atoms with Crippen molar-refractivity contribution in [1.29, 1.82) is 0 Å². The molecule has 17 heavy (non-hydrogen) atoms. The smallest absolute Gasteiger partial charge is 0.138 e. The highest BCUT2D eigenvalue weighted by Crippen LogP contribution is 2.28. The third-order valence-corrected chi connectivity index (χ3v) is 2.85. The van der Waals surface area contributed by atoms with Gasteiger partial charge in [-0.3, -0.25) is 0 Å². The summed E-state index contributed by atoms with van der Waals surface area (Å²) in [6.07, 6.45) is -0.482. The van der Waals surface area contributed by atoms with Crippen molar-refractivity contribution in [2.24, 2.45) is 0 Å². The predicted octanol–water partition coefficient (Wildman–Crippen LogP) is 3.03.